The first kappa shape index (κ1) is 6.01. The summed E-state index contributed by atoms with van der Waals surface area (Å²) in [5.41, 5.74) is 5.94. The maximum absolute atomic E-state index is 8.30. The van der Waals surface area contributed by atoms with Crippen LogP contribution in [0.2, 0.25) is 0 Å². The van der Waals surface area contributed by atoms with Gasteiger partial charge in [-0.3, -0.25) is 10.9 Å². The number of aliphatic hydroxyl groups is 1. The molecule has 48 valence electrons. The number of aliphatic hydroxyl groups excluding tert-OH is 1. The van der Waals surface area contributed by atoms with Crippen LogP contribution in [0.4, 0.5) is 0 Å². The lowest BCUT2D eigenvalue weighted by molar-refractivity contribution is 0.282. The molecule has 0 unspecified atom stereocenters. The predicted octanol–water partition coefficient (Wildman–Crippen LogP) is -0.765. The second-order valence-corrected chi connectivity index (χ2v) is 2.07. The minimum atomic E-state index is 0.208. The summed E-state index contributed by atoms with van der Waals surface area (Å²) in [6, 6.07) is 0.682. The van der Waals surface area contributed by atoms with E-state index in [0.29, 0.717) is 12.6 Å². The number of hydrogen-bond donors (Lipinski definition) is 3. The third kappa shape index (κ3) is 2.26. The average Bonchev–Trinajstić information content (AvgIpc) is 2.51. The molecule has 0 radical (unpaired) electrons. The number of rotatable bonds is 4. The van der Waals surface area contributed by atoms with E-state index < -0.39 is 0 Å². The zero-order valence-corrected chi connectivity index (χ0v) is 4.85. The largest absolute Gasteiger partial charge is 0.395 e. The molecule has 0 aromatic carbocycles. The van der Waals surface area contributed by atoms with Gasteiger partial charge >= 0.3 is 0 Å². The molecule has 8 heavy (non-hydrogen) atoms. The molecule has 3 N–H and O–H groups in total. The van der Waals surface area contributed by atoms with Gasteiger partial charge in [0.2, 0.25) is 0 Å². The molecule has 1 aliphatic carbocycles. The van der Waals surface area contributed by atoms with Crippen LogP contribution in [0, 0.1) is 0 Å². The zero-order chi connectivity index (χ0) is 5.82. The van der Waals surface area contributed by atoms with Gasteiger partial charge in [-0.15, -0.1) is 0 Å². The predicted molar refractivity (Wildman–Crippen MR) is 31.2 cm³/mol. The number of hydrazine groups is 1. The second-order valence-electron chi connectivity index (χ2n) is 2.07. The fourth-order valence-corrected chi connectivity index (χ4v) is 0.500. The van der Waals surface area contributed by atoms with Crippen LogP contribution >= 0.6 is 0 Å². The monoisotopic (exact) mass is 116 g/mol. The standard InChI is InChI=1S/C5H12N2O/c8-4-3-6-7-5-1-2-5/h5-8H,1-4H2. The molecule has 1 fully saturated rings. The van der Waals surface area contributed by atoms with Gasteiger partial charge in [0.05, 0.1) is 6.61 Å². The maximum atomic E-state index is 8.30. The molecule has 0 atom stereocenters. The van der Waals surface area contributed by atoms with Crippen LogP contribution in [0.5, 0.6) is 0 Å². The molecule has 1 rings (SSSR count). The van der Waals surface area contributed by atoms with E-state index in [1.807, 2.05) is 0 Å². The van der Waals surface area contributed by atoms with Gasteiger partial charge in [-0.2, -0.15) is 0 Å². The molecule has 0 saturated heterocycles. The summed E-state index contributed by atoms with van der Waals surface area (Å²) in [6.45, 7) is 0.857. The highest BCUT2D eigenvalue weighted by atomic mass is 16.3. The Kier molecular flexibility index (Phi) is 2.27. The lowest BCUT2D eigenvalue weighted by atomic mass is 10.7. The number of hydrogen-bond acceptors (Lipinski definition) is 3. The summed E-state index contributed by atoms with van der Waals surface area (Å²) in [5, 5.41) is 8.30. The lowest BCUT2D eigenvalue weighted by Crippen LogP contribution is -2.35. The van der Waals surface area contributed by atoms with Crippen molar-refractivity contribution in [2.24, 2.45) is 0 Å². The Bertz CT molecular complexity index is 63.4. The molecule has 0 aromatic heterocycles. The molecule has 0 aliphatic heterocycles. The van der Waals surface area contributed by atoms with Crippen LogP contribution in [0.25, 0.3) is 0 Å². The Morgan fingerprint density at radius 3 is 2.75 bits per heavy atom. The van der Waals surface area contributed by atoms with Crippen LogP contribution < -0.4 is 10.9 Å². The average molecular weight is 116 g/mol. The molecular formula is C5H12N2O. The molecule has 3 heteroatoms. The Hall–Kier alpha value is -0.120. The summed E-state index contributed by atoms with van der Waals surface area (Å²) >= 11 is 0. The first-order valence-corrected chi connectivity index (χ1v) is 3.02. The highest BCUT2D eigenvalue weighted by Gasteiger charge is 2.19. The minimum Gasteiger partial charge on any atom is -0.395 e. The van der Waals surface area contributed by atoms with Crippen molar-refractivity contribution in [3.8, 4) is 0 Å². The number of nitrogens with one attached hydrogen (secondary N) is 2. The Morgan fingerprint density at radius 2 is 2.25 bits per heavy atom. The van der Waals surface area contributed by atoms with E-state index in [2.05, 4.69) is 10.9 Å². The molecule has 0 aromatic rings. The summed E-state index contributed by atoms with van der Waals surface area (Å²) in [7, 11) is 0. The van der Waals surface area contributed by atoms with Gasteiger partial charge in [0, 0.05) is 12.6 Å². The molecule has 0 bridgehead atoms. The van der Waals surface area contributed by atoms with Gasteiger partial charge in [-0.25, -0.2) is 0 Å². The Balaban J connectivity index is 1.74. The van der Waals surface area contributed by atoms with E-state index in [9.17, 15) is 0 Å². The third-order valence-electron chi connectivity index (χ3n) is 1.12. The molecule has 1 aliphatic rings. The van der Waals surface area contributed by atoms with Crippen molar-refractivity contribution in [1.82, 2.24) is 10.9 Å². The van der Waals surface area contributed by atoms with Crippen LogP contribution in [0.3, 0.4) is 0 Å². The fourth-order valence-electron chi connectivity index (χ4n) is 0.500. The molecule has 0 heterocycles. The van der Waals surface area contributed by atoms with Gasteiger partial charge < -0.3 is 5.11 Å². The summed E-state index contributed by atoms with van der Waals surface area (Å²) in [4.78, 5) is 0. The van der Waals surface area contributed by atoms with Gasteiger partial charge in [-0.1, -0.05) is 0 Å². The van der Waals surface area contributed by atoms with Crippen molar-refractivity contribution in [3.05, 3.63) is 0 Å². The SMILES string of the molecule is OCCNNC1CC1. The fraction of sp³-hybridized carbons (Fsp3) is 1.00. The zero-order valence-electron chi connectivity index (χ0n) is 4.85. The molecule has 3 nitrogen and oxygen atoms in total. The first-order chi connectivity index (χ1) is 3.93. The van der Waals surface area contributed by atoms with Gasteiger partial charge in [-0.05, 0) is 12.8 Å². The molecular weight excluding hydrogens is 104 g/mol. The smallest absolute Gasteiger partial charge is 0.0569 e. The molecule has 0 amide bonds. The minimum absolute atomic E-state index is 0.208. The van der Waals surface area contributed by atoms with E-state index in [0.717, 1.165) is 0 Å². The topological polar surface area (TPSA) is 44.3 Å². The highest BCUT2D eigenvalue weighted by Crippen LogP contribution is 2.17. The van der Waals surface area contributed by atoms with Crippen molar-refractivity contribution in [2.45, 2.75) is 18.9 Å². The summed E-state index contributed by atoms with van der Waals surface area (Å²) < 4.78 is 0. The van der Waals surface area contributed by atoms with Gasteiger partial charge in [0.15, 0.2) is 0 Å². The quantitative estimate of drug-likeness (QED) is 0.334. The van der Waals surface area contributed by atoms with Crippen molar-refractivity contribution < 1.29 is 5.11 Å². The third-order valence-corrected chi connectivity index (χ3v) is 1.12. The van der Waals surface area contributed by atoms with Gasteiger partial charge in [0.1, 0.15) is 0 Å². The first-order valence-electron chi connectivity index (χ1n) is 3.02. The Morgan fingerprint density at radius 1 is 1.50 bits per heavy atom. The van der Waals surface area contributed by atoms with Crippen molar-refractivity contribution in [1.29, 1.82) is 0 Å². The summed E-state index contributed by atoms with van der Waals surface area (Å²) in [6.07, 6.45) is 2.55. The highest BCUT2D eigenvalue weighted by molar-refractivity contribution is 4.78. The normalized spacial score (nSPS) is 19.1. The maximum Gasteiger partial charge on any atom is 0.0569 e. The second kappa shape index (κ2) is 3.02. The van der Waals surface area contributed by atoms with Gasteiger partial charge in [0.25, 0.3) is 0 Å². The van der Waals surface area contributed by atoms with Crippen LogP contribution in [-0.2, 0) is 0 Å². The molecule has 0 spiro atoms. The Labute approximate surface area is 49.1 Å². The van der Waals surface area contributed by atoms with E-state index in [4.69, 9.17) is 5.11 Å². The van der Waals surface area contributed by atoms with E-state index >= 15 is 0 Å². The summed E-state index contributed by atoms with van der Waals surface area (Å²) in [5.74, 6) is 0. The van der Waals surface area contributed by atoms with E-state index in [1.165, 1.54) is 12.8 Å². The van der Waals surface area contributed by atoms with Crippen molar-refractivity contribution >= 4 is 0 Å². The van der Waals surface area contributed by atoms with Crippen LogP contribution in [0.15, 0.2) is 0 Å². The molecule has 1 saturated carbocycles. The van der Waals surface area contributed by atoms with E-state index in [-0.39, 0.29) is 6.61 Å². The lowest BCUT2D eigenvalue weighted by Gasteiger charge is -2.00. The van der Waals surface area contributed by atoms with Crippen LogP contribution in [0.1, 0.15) is 12.8 Å². The van der Waals surface area contributed by atoms with Crippen molar-refractivity contribution in [3.63, 3.8) is 0 Å². The van der Waals surface area contributed by atoms with Crippen molar-refractivity contribution in [2.75, 3.05) is 13.2 Å². The van der Waals surface area contributed by atoms with E-state index in [1.54, 1.807) is 0 Å². The van der Waals surface area contributed by atoms with Crippen LogP contribution in [-0.4, -0.2) is 24.3 Å².